The van der Waals surface area contributed by atoms with Gasteiger partial charge in [0.25, 0.3) is 0 Å². The summed E-state index contributed by atoms with van der Waals surface area (Å²) in [6.07, 6.45) is 11.3. The summed E-state index contributed by atoms with van der Waals surface area (Å²) in [5, 5.41) is 15.1. The number of amides is 2. The fraction of sp³-hybridized carbons (Fsp3) is 0.483. The lowest BCUT2D eigenvalue weighted by atomic mass is 9.97. The van der Waals surface area contributed by atoms with E-state index >= 15 is 0 Å². The van der Waals surface area contributed by atoms with Crippen molar-refractivity contribution in [3.63, 3.8) is 0 Å². The number of benzene rings is 2. The largest absolute Gasteiger partial charge is 0.496 e. The van der Waals surface area contributed by atoms with Crippen molar-refractivity contribution in [2.45, 2.75) is 77.6 Å². The van der Waals surface area contributed by atoms with Gasteiger partial charge in [0.05, 0.1) is 7.11 Å². The molecule has 0 bridgehead atoms. The van der Waals surface area contributed by atoms with E-state index in [4.69, 9.17) is 4.74 Å². The van der Waals surface area contributed by atoms with Gasteiger partial charge in [-0.05, 0) is 48.7 Å². The highest BCUT2D eigenvalue weighted by Crippen LogP contribution is 2.23. The van der Waals surface area contributed by atoms with Crippen LogP contribution in [0.3, 0.4) is 0 Å². The molecule has 2 rings (SSSR count). The Bertz CT molecular complexity index is 958. The number of rotatable bonds is 17. The van der Waals surface area contributed by atoms with Crippen LogP contribution in [0.4, 0.5) is 11.4 Å². The van der Waals surface area contributed by atoms with Gasteiger partial charge in [0, 0.05) is 17.8 Å². The lowest BCUT2D eigenvalue weighted by Gasteiger charge is -2.15. The number of nitrogens with one attached hydrogen (secondary N) is 2. The molecule has 7 heteroatoms. The van der Waals surface area contributed by atoms with E-state index in [0.29, 0.717) is 29.1 Å². The molecule has 3 N–H and O–H groups in total. The van der Waals surface area contributed by atoms with Crippen LogP contribution in [0.2, 0.25) is 0 Å². The van der Waals surface area contributed by atoms with E-state index in [9.17, 15) is 19.5 Å². The molecule has 0 aliphatic rings. The van der Waals surface area contributed by atoms with E-state index in [2.05, 4.69) is 17.6 Å². The van der Waals surface area contributed by atoms with Gasteiger partial charge in [0.2, 0.25) is 11.8 Å². The number of anilines is 2. The van der Waals surface area contributed by atoms with Crippen molar-refractivity contribution in [1.29, 1.82) is 0 Å². The number of ether oxygens (including phenoxy) is 1. The third kappa shape index (κ3) is 10.5. The number of methoxy groups -OCH3 is 1. The van der Waals surface area contributed by atoms with E-state index in [1.54, 1.807) is 48.5 Å². The molecule has 7 nitrogen and oxygen atoms in total. The minimum Gasteiger partial charge on any atom is -0.496 e. The molecule has 2 amide bonds. The Morgan fingerprint density at radius 2 is 1.36 bits per heavy atom. The first-order chi connectivity index (χ1) is 17.4. The van der Waals surface area contributed by atoms with Crippen LogP contribution in [0.25, 0.3) is 0 Å². The van der Waals surface area contributed by atoms with Crippen molar-refractivity contribution >= 4 is 29.2 Å². The van der Waals surface area contributed by atoms with E-state index < -0.39 is 17.8 Å². The van der Waals surface area contributed by atoms with Crippen LogP contribution < -0.4 is 15.4 Å². The van der Waals surface area contributed by atoms with Crippen LogP contribution in [-0.2, 0) is 20.8 Å². The molecule has 0 radical (unpaired) electrons. The predicted octanol–water partition coefficient (Wildman–Crippen LogP) is 6.44. The molecule has 0 aromatic heterocycles. The highest BCUT2D eigenvalue weighted by Gasteiger charge is 2.27. The highest BCUT2D eigenvalue weighted by molar-refractivity contribution is 6.04. The van der Waals surface area contributed by atoms with E-state index in [-0.39, 0.29) is 12.3 Å². The number of unbranched alkanes of at least 4 members (excludes halogenated alkanes) is 8. The van der Waals surface area contributed by atoms with Gasteiger partial charge in [-0.25, -0.2) is 0 Å². The van der Waals surface area contributed by atoms with Crippen molar-refractivity contribution in [3.05, 3.63) is 54.1 Å². The van der Waals surface area contributed by atoms with Crippen molar-refractivity contribution in [2.24, 2.45) is 5.92 Å². The molecule has 2 aromatic carbocycles. The van der Waals surface area contributed by atoms with Gasteiger partial charge in [-0.2, -0.15) is 0 Å². The summed E-state index contributed by atoms with van der Waals surface area (Å²) in [5.74, 6) is -2.58. The molecule has 0 fully saturated rings. The molecule has 0 aliphatic heterocycles. The van der Waals surface area contributed by atoms with Crippen LogP contribution in [0.1, 0.15) is 76.7 Å². The Hall–Kier alpha value is -3.35. The van der Waals surface area contributed by atoms with Gasteiger partial charge >= 0.3 is 5.97 Å². The Morgan fingerprint density at radius 1 is 0.806 bits per heavy atom. The Kier molecular flexibility index (Phi) is 13.1. The zero-order valence-electron chi connectivity index (χ0n) is 21.6. The fourth-order valence-corrected chi connectivity index (χ4v) is 4.07. The third-order valence-electron chi connectivity index (χ3n) is 6.17. The van der Waals surface area contributed by atoms with Crippen molar-refractivity contribution in [2.75, 3.05) is 17.7 Å². The molecule has 0 aliphatic carbocycles. The topological polar surface area (TPSA) is 105 Å². The molecule has 0 spiro atoms. The maximum absolute atomic E-state index is 12.7. The van der Waals surface area contributed by atoms with Crippen LogP contribution >= 0.6 is 0 Å². The molecular formula is C29H40N2O5. The Labute approximate surface area is 214 Å². The van der Waals surface area contributed by atoms with Crippen molar-refractivity contribution in [1.82, 2.24) is 0 Å². The summed E-state index contributed by atoms with van der Waals surface area (Å²) in [6.45, 7) is 2.22. The average Bonchev–Trinajstić information content (AvgIpc) is 2.87. The Balaban J connectivity index is 1.76. The van der Waals surface area contributed by atoms with Crippen molar-refractivity contribution < 1.29 is 24.2 Å². The fourth-order valence-electron chi connectivity index (χ4n) is 4.07. The highest BCUT2D eigenvalue weighted by atomic mass is 16.5. The van der Waals surface area contributed by atoms with Crippen molar-refractivity contribution in [3.8, 4) is 5.75 Å². The number of aliphatic carboxylic acids is 1. The van der Waals surface area contributed by atoms with Gasteiger partial charge in [0.1, 0.15) is 11.7 Å². The molecule has 196 valence electrons. The summed E-state index contributed by atoms with van der Waals surface area (Å²) in [6, 6.07) is 13.7. The Morgan fingerprint density at radius 3 is 1.94 bits per heavy atom. The SMILES string of the molecule is CCCCCCCCCCCC(=O)Nc1ccc(NC(=O)C(Cc2ccccc2OC)C(=O)O)cc1. The van der Waals surface area contributed by atoms with Gasteiger partial charge in [-0.15, -0.1) is 0 Å². The first kappa shape index (κ1) is 28.9. The molecule has 36 heavy (non-hydrogen) atoms. The quantitative estimate of drug-likeness (QED) is 0.173. The number of hydrogen-bond donors (Lipinski definition) is 3. The van der Waals surface area contributed by atoms with Gasteiger partial charge in [-0.1, -0.05) is 76.5 Å². The summed E-state index contributed by atoms with van der Waals surface area (Å²) < 4.78 is 5.27. The smallest absolute Gasteiger partial charge is 0.316 e. The predicted molar refractivity (Wildman–Crippen MR) is 143 cm³/mol. The summed E-state index contributed by atoms with van der Waals surface area (Å²) in [4.78, 5) is 36.7. The summed E-state index contributed by atoms with van der Waals surface area (Å²) >= 11 is 0. The van der Waals surface area contributed by atoms with Crippen LogP contribution in [0.5, 0.6) is 5.75 Å². The van der Waals surface area contributed by atoms with E-state index in [1.807, 2.05) is 0 Å². The van der Waals surface area contributed by atoms with E-state index in [1.165, 1.54) is 52.1 Å². The number of hydrogen-bond acceptors (Lipinski definition) is 4. The second kappa shape index (κ2) is 16.3. The number of carboxylic acid groups (broad SMARTS) is 1. The maximum atomic E-state index is 12.7. The standard InChI is InChI=1S/C29H40N2O5/c1-3-4-5-6-7-8-9-10-11-16-27(32)30-23-17-19-24(20-18-23)31-28(33)25(29(34)35)21-22-14-12-13-15-26(22)36-2/h12-15,17-20,25H,3-11,16,21H2,1-2H3,(H,30,32)(H,31,33)(H,34,35). The molecular weight excluding hydrogens is 456 g/mol. The number of para-hydroxylation sites is 1. The molecule has 0 saturated heterocycles. The lowest BCUT2D eigenvalue weighted by Crippen LogP contribution is -2.31. The lowest BCUT2D eigenvalue weighted by molar-refractivity contribution is -0.145. The molecule has 1 atom stereocenters. The monoisotopic (exact) mass is 496 g/mol. The van der Waals surface area contributed by atoms with Gasteiger partial charge < -0.3 is 20.5 Å². The van der Waals surface area contributed by atoms with Crippen LogP contribution in [-0.4, -0.2) is 30.0 Å². The molecule has 0 heterocycles. The third-order valence-corrected chi connectivity index (χ3v) is 6.17. The van der Waals surface area contributed by atoms with Crippen LogP contribution in [0.15, 0.2) is 48.5 Å². The summed E-state index contributed by atoms with van der Waals surface area (Å²) in [5.41, 5.74) is 1.74. The van der Waals surface area contributed by atoms with Gasteiger partial charge in [-0.3, -0.25) is 14.4 Å². The normalized spacial score (nSPS) is 11.5. The first-order valence-corrected chi connectivity index (χ1v) is 13.0. The maximum Gasteiger partial charge on any atom is 0.316 e. The zero-order valence-corrected chi connectivity index (χ0v) is 21.6. The van der Waals surface area contributed by atoms with Gasteiger partial charge in [0.15, 0.2) is 0 Å². The van der Waals surface area contributed by atoms with E-state index in [0.717, 1.165) is 12.8 Å². The minimum atomic E-state index is -1.27. The second-order valence-corrected chi connectivity index (χ2v) is 9.10. The number of carboxylic acids is 1. The molecule has 0 saturated carbocycles. The second-order valence-electron chi connectivity index (χ2n) is 9.10. The zero-order chi connectivity index (χ0) is 26.2. The minimum absolute atomic E-state index is 0.0121. The average molecular weight is 497 g/mol. The summed E-state index contributed by atoms with van der Waals surface area (Å²) in [7, 11) is 1.51. The number of carbonyl (C=O) groups is 3. The van der Waals surface area contributed by atoms with Crippen LogP contribution in [0, 0.1) is 5.92 Å². The molecule has 1 unspecified atom stereocenters. The number of carbonyl (C=O) groups excluding carboxylic acids is 2. The molecule has 2 aromatic rings. The first-order valence-electron chi connectivity index (χ1n) is 13.0.